The quantitative estimate of drug-likeness (QED) is 0.619. The normalized spacial score (nSPS) is 15.9. The lowest BCUT2D eigenvalue weighted by Crippen LogP contribution is -2.17. The van der Waals surface area contributed by atoms with E-state index in [1.54, 1.807) is 6.92 Å². The minimum atomic E-state index is -0.333. The molecule has 1 atom stereocenters. The highest BCUT2D eigenvalue weighted by molar-refractivity contribution is 7.17. The van der Waals surface area contributed by atoms with E-state index in [1.807, 2.05) is 42.1 Å². The number of carbonyl (C=O) groups excluding carboxylic acids is 2. The second kappa shape index (κ2) is 8.03. The number of hydrogen-bond donors (Lipinski definition) is 1. The monoisotopic (exact) mass is 410 g/mol. The zero-order chi connectivity index (χ0) is 20.5. The molecule has 0 saturated heterocycles. The average Bonchev–Trinajstić information content (AvgIpc) is 3.19. The van der Waals surface area contributed by atoms with Crippen molar-refractivity contribution in [2.24, 2.45) is 13.0 Å². The Morgan fingerprint density at radius 3 is 2.90 bits per heavy atom. The predicted molar refractivity (Wildman–Crippen MR) is 117 cm³/mol. The van der Waals surface area contributed by atoms with Crippen LogP contribution >= 0.6 is 11.3 Å². The van der Waals surface area contributed by atoms with Gasteiger partial charge in [-0.1, -0.05) is 25.1 Å². The van der Waals surface area contributed by atoms with Crippen molar-refractivity contribution in [2.75, 3.05) is 11.9 Å². The number of esters is 1. The predicted octanol–water partition coefficient (Wildman–Crippen LogP) is 4.72. The van der Waals surface area contributed by atoms with E-state index in [2.05, 4.69) is 12.2 Å². The maximum atomic E-state index is 12.9. The van der Waals surface area contributed by atoms with Crippen LogP contribution in [0.2, 0.25) is 0 Å². The average molecular weight is 411 g/mol. The molecular weight excluding hydrogens is 384 g/mol. The number of thiophene rings is 1. The number of hydrogen-bond acceptors (Lipinski definition) is 4. The smallest absolute Gasteiger partial charge is 0.341 e. The molecule has 1 aliphatic carbocycles. The lowest BCUT2D eigenvalue weighted by atomic mass is 9.88. The molecule has 1 N–H and O–H groups in total. The van der Waals surface area contributed by atoms with Gasteiger partial charge >= 0.3 is 5.97 Å². The third-order valence-corrected chi connectivity index (χ3v) is 6.74. The Labute approximate surface area is 174 Å². The van der Waals surface area contributed by atoms with E-state index < -0.39 is 0 Å². The molecule has 29 heavy (non-hydrogen) atoms. The number of carbonyl (C=O) groups is 2. The van der Waals surface area contributed by atoms with Crippen molar-refractivity contribution in [3.63, 3.8) is 0 Å². The van der Waals surface area contributed by atoms with Gasteiger partial charge in [-0.15, -0.1) is 11.3 Å². The molecule has 0 saturated carbocycles. The van der Waals surface area contributed by atoms with Crippen molar-refractivity contribution in [3.05, 3.63) is 52.0 Å². The largest absolute Gasteiger partial charge is 0.462 e. The topological polar surface area (TPSA) is 60.3 Å². The molecule has 0 aliphatic heterocycles. The van der Waals surface area contributed by atoms with Crippen molar-refractivity contribution < 1.29 is 14.3 Å². The first-order valence-corrected chi connectivity index (χ1v) is 10.9. The number of fused-ring (bicyclic) bond motifs is 2. The number of ether oxygens (including phenoxy) is 1. The fourth-order valence-corrected chi connectivity index (χ4v) is 5.58. The van der Waals surface area contributed by atoms with Crippen LogP contribution in [0.1, 0.15) is 46.6 Å². The van der Waals surface area contributed by atoms with E-state index in [9.17, 15) is 9.59 Å². The Hall–Kier alpha value is -2.60. The number of amides is 1. The standard InChI is InChI=1S/C23H26N2O3S/c1-4-28-23(27)21-17-10-9-14(2)11-19(17)29-22(21)24-20(26)12-15-13-25(3)18-8-6-5-7-16(15)18/h5-8,13-14H,4,9-12H2,1-3H3,(H,24,26). The molecule has 1 amide bonds. The van der Waals surface area contributed by atoms with Gasteiger partial charge in [0.05, 0.1) is 18.6 Å². The summed E-state index contributed by atoms with van der Waals surface area (Å²) in [4.78, 5) is 26.7. The Kier molecular flexibility index (Phi) is 5.46. The number of benzene rings is 1. The van der Waals surface area contributed by atoms with Gasteiger partial charge in [0, 0.05) is 29.0 Å². The molecular formula is C23H26N2O3S. The molecule has 0 bridgehead atoms. The van der Waals surface area contributed by atoms with Gasteiger partial charge in [0.25, 0.3) is 0 Å². The number of rotatable bonds is 5. The molecule has 2 heterocycles. The molecule has 0 spiro atoms. The summed E-state index contributed by atoms with van der Waals surface area (Å²) in [6.07, 6.45) is 5.13. The van der Waals surface area contributed by atoms with Gasteiger partial charge in [-0.2, -0.15) is 0 Å². The van der Waals surface area contributed by atoms with Gasteiger partial charge in [-0.25, -0.2) is 4.79 Å². The molecule has 152 valence electrons. The van der Waals surface area contributed by atoms with Crippen molar-refractivity contribution in [2.45, 2.75) is 39.5 Å². The second-order valence-electron chi connectivity index (χ2n) is 7.78. The number of aromatic nitrogens is 1. The molecule has 4 rings (SSSR count). The molecule has 1 unspecified atom stereocenters. The van der Waals surface area contributed by atoms with E-state index in [1.165, 1.54) is 16.2 Å². The Morgan fingerprint density at radius 1 is 1.31 bits per heavy atom. The number of aryl methyl sites for hydroxylation is 1. The first-order valence-electron chi connectivity index (χ1n) is 10.1. The molecule has 2 aromatic heterocycles. The molecule has 0 radical (unpaired) electrons. The van der Waals surface area contributed by atoms with Crippen LogP contribution in [0.4, 0.5) is 5.00 Å². The minimum Gasteiger partial charge on any atom is -0.462 e. The van der Waals surface area contributed by atoms with Crippen molar-refractivity contribution in [3.8, 4) is 0 Å². The van der Waals surface area contributed by atoms with Crippen LogP contribution < -0.4 is 5.32 Å². The lowest BCUT2D eigenvalue weighted by molar-refractivity contribution is -0.115. The third-order valence-electron chi connectivity index (χ3n) is 5.57. The van der Waals surface area contributed by atoms with Gasteiger partial charge in [0.1, 0.15) is 5.00 Å². The van der Waals surface area contributed by atoms with E-state index in [0.717, 1.165) is 41.3 Å². The van der Waals surface area contributed by atoms with E-state index in [0.29, 0.717) is 23.1 Å². The summed E-state index contributed by atoms with van der Waals surface area (Å²) in [6, 6.07) is 8.06. The van der Waals surface area contributed by atoms with Crippen LogP contribution in [-0.4, -0.2) is 23.1 Å². The highest BCUT2D eigenvalue weighted by Crippen LogP contribution is 2.40. The molecule has 1 aliphatic rings. The summed E-state index contributed by atoms with van der Waals surface area (Å²) in [5.74, 6) is 0.147. The van der Waals surface area contributed by atoms with Gasteiger partial charge in [-0.05, 0) is 49.3 Å². The van der Waals surface area contributed by atoms with E-state index in [4.69, 9.17) is 4.74 Å². The maximum absolute atomic E-state index is 12.9. The van der Waals surface area contributed by atoms with Crippen LogP contribution in [0.3, 0.4) is 0 Å². The highest BCUT2D eigenvalue weighted by Gasteiger charge is 2.29. The number of nitrogens with one attached hydrogen (secondary N) is 1. The van der Waals surface area contributed by atoms with Crippen molar-refractivity contribution in [1.29, 1.82) is 0 Å². The first kappa shape index (κ1) is 19.7. The summed E-state index contributed by atoms with van der Waals surface area (Å²) >= 11 is 1.53. The Bertz CT molecular complexity index is 1080. The van der Waals surface area contributed by atoms with Gasteiger partial charge in [0.2, 0.25) is 5.91 Å². The minimum absolute atomic E-state index is 0.112. The van der Waals surface area contributed by atoms with Gasteiger partial charge in [0.15, 0.2) is 0 Å². The molecule has 1 aromatic carbocycles. The van der Waals surface area contributed by atoms with Crippen LogP contribution in [0.25, 0.3) is 10.9 Å². The van der Waals surface area contributed by atoms with E-state index in [-0.39, 0.29) is 18.3 Å². The fourth-order valence-electron chi connectivity index (χ4n) is 4.17. The Balaban J connectivity index is 1.61. The number of anilines is 1. The third kappa shape index (κ3) is 3.81. The zero-order valence-electron chi connectivity index (χ0n) is 17.1. The Morgan fingerprint density at radius 2 is 2.10 bits per heavy atom. The van der Waals surface area contributed by atoms with E-state index >= 15 is 0 Å². The molecule has 5 nitrogen and oxygen atoms in total. The lowest BCUT2D eigenvalue weighted by Gasteiger charge is -2.18. The highest BCUT2D eigenvalue weighted by atomic mass is 32.1. The number of nitrogens with zero attached hydrogens (tertiary/aromatic N) is 1. The van der Waals surface area contributed by atoms with Crippen LogP contribution in [-0.2, 0) is 35.8 Å². The van der Waals surface area contributed by atoms with Crippen molar-refractivity contribution >= 4 is 39.1 Å². The van der Waals surface area contributed by atoms with Gasteiger partial charge in [-0.3, -0.25) is 4.79 Å². The van der Waals surface area contributed by atoms with Crippen LogP contribution in [0.5, 0.6) is 0 Å². The van der Waals surface area contributed by atoms with Crippen LogP contribution in [0, 0.1) is 5.92 Å². The summed E-state index contributed by atoms with van der Waals surface area (Å²) < 4.78 is 7.33. The van der Waals surface area contributed by atoms with Crippen LogP contribution in [0.15, 0.2) is 30.5 Å². The maximum Gasteiger partial charge on any atom is 0.341 e. The summed E-state index contributed by atoms with van der Waals surface area (Å²) in [5, 5.41) is 4.72. The summed E-state index contributed by atoms with van der Waals surface area (Å²) in [5.41, 5.74) is 3.70. The fraction of sp³-hybridized carbons (Fsp3) is 0.391. The summed E-state index contributed by atoms with van der Waals surface area (Å²) in [7, 11) is 1.98. The molecule has 3 aromatic rings. The SMILES string of the molecule is CCOC(=O)c1c(NC(=O)Cc2cn(C)c3ccccc23)sc2c1CCC(C)C2. The zero-order valence-corrected chi connectivity index (χ0v) is 17.9. The molecule has 0 fully saturated rings. The van der Waals surface area contributed by atoms with Crippen molar-refractivity contribution in [1.82, 2.24) is 4.57 Å². The number of para-hydroxylation sites is 1. The van der Waals surface area contributed by atoms with Gasteiger partial charge < -0.3 is 14.6 Å². The summed E-state index contributed by atoms with van der Waals surface area (Å²) in [6.45, 7) is 4.35. The first-order chi connectivity index (χ1) is 14.0. The molecule has 6 heteroatoms. The second-order valence-corrected chi connectivity index (χ2v) is 8.89.